The van der Waals surface area contributed by atoms with Crippen LogP contribution in [0.15, 0.2) is 41.9 Å². The van der Waals surface area contributed by atoms with Gasteiger partial charge in [-0.1, -0.05) is 48.5 Å². The van der Waals surface area contributed by atoms with E-state index in [1.54, 1.807) is 12.1 Å². The second-order valence-corrected chi connectivity index (χ2v) is 3.66. The van der Waals surface area contributed by atoms with Crippen LogP contribution in [0.3, 0.4) is 0 Å². The monoisotopic (exact) mass is 224 g/mol. The first kappa shape index (κ1) is 11.8. The molecular formula is C11H13ClN2O. The summed E-state index contributed by atoms with van der Waals surface area (Å²) in [6.07, 6.45) is 0. The number of hydrogen-bond acceptors (Lipinski definition) is 2. The van der Waals surface area contributed by atoms with E-state index in [1.165, 1.54) is 0 Å². The van der Waals surface area contributed by atoms with Gasteiger partial charge in [-0.25, -0.2) is 0 Å². The lowest BCUT2D eigenvalue weighted by Crippen LogP contribution is -2.34. The summed E-state index contributed by atoms with van der Waals surface area (Å²) >= 11 is 5.52. The van der Waals surface area contributed by atoms with E-state index in [1.807, 2.05) is 18.2 Å². The van der Waals surface area contributed by atoms with Crippen LogP contribution in [-0.2, 0) is 4.79 Å². The number of hydrogen-bond donors (Lipinski definition) is 2. The van der Waals surface area contributed by atoms with Crippen LogP contribution in [0.5, 0.6) is 0 Å². The molecular weight excluding hydrogens is 212 g/mol. The molecule has 0 heterocycles. The Morgan fingerprint density at radius 2 is 2.07 bits per heavy atom. The molecule has 3 N–H and O–H groups in total. The molecule has 0 aliphatic heterocycles. The lowest BCUT2D eigenvalue weighted by atomic mass is 10.1. The Kier molecular flexibility index (Phi) is 4.34. The van der Waals surface area contributed by atoms with Gasteiger partial charge in [0.1, 0.15) is 6.04 Å². The maximum atomic E-state index is 11.5. The van der Waals surface area contributed by atoms with Gasteiger partial charge in [-0.2, -0.15) is 0 Å². The predicted molar refractivity (Wildman–Crippen MR) is 61.4 cm³/mol. The molecule has 4 heteroatoms. The van der Waals surface area contributed by atoms with Crippen molar-refractivity contribution in [3.05, 3.63) is 47.5 Å². The van der Waals surface area contributed by atoms with Crippen LogP contribution in [-0.4, -0.2) is 12.5 Å². The Labute approximate surface area is 93.9 Å². The van der Waals surface area contributed by atoms with Gasteiger partial charge < -0.3 is 11.1 Å². The van der Waals surface area contributed by atoms with E-state index < -0.39 is 6.04 Å². The van der Waals surface area contributed by atoms with Crippen LogP contribution in [0.25, 0.3) is 0 Å². The fourth-order valence-corrected chi connectivity index (χ4v) is 1.17. The van der Waals surface area contributed by atoms with E-state index in [4.69, 9.17) is 17.3 Å². The van der Waals surface area contributed by atoms with Gasteiger partial charge in [-0.05, 0) is 5.56 Å². The van der Waals surface area contributed by atoms with E-state index >= 15 is 0 Å². The Balaban J connectivity index is 2.57. The van der Waals surface area contributed by atoms with Crippen molar-refractivity contribution in [1.29, 1.82) is 0 Å². The van der Waals surface area contributed by atoms with E-state index in [0.29, 0.717) is 5.03 Å². The number of amides is 1. The third-order valence-corrected chi connectivity index (χ3v) is 2.03. The third kappa shape index (κ3) is 3.73. The predicted octanol–water partition coefficient (Wildman–Crippen LogP) is 1.56. The quantitative estimate of drug-likeness (QED) is 0.816. The standard InChI is InChI=1S/C11H13ClN2O/c1-8(12)7-14-11(15)10(13)9-5-3-2-4-6-9/h2-6,10H,1,7,13H2,(H,14,15)/t10-/m0/s1. The van der Waals surface area contributed by atoms with Crippen LogP contribution >= 0.6 is 11.6 Å². The maximum absolute atomic E-state index is 11.5. The number of benzene rings is 1. The van der Waals surface area contributed by atoms with Crippen molar-refractivity contribution in [2.45, 2.75) is 6.04 Å². The van der Waals surface area contributed by atoms with Crippen molar-refractivity contribution in [3.8, 4) is 0 Å². The Morgan fingerprint density at radius 1 is 1.47 bits per heavy atom. The number of rotatable bonds is 4. The third-order valence-electron chi connectivity index (χ3n) is 1.90. The van der Waals surface area contributed by atoms with E-state index in [2.05, 4.69) is 11.9 Å². The topological polar surface area (TPSA) is 55.1 Å². The Hall–Kier alpha value is -1.32. The SMILES string of the molecule is C=C(Cl)CNC(=O)[C@@H](N)c1ccccc1. The molecule has 0 spiro atoms. The molecule has 0 fully saturated rings. The second-order valence-electron chi connectivity index (χ2n) is 3.12. The molecule has 1 atom stereocenters. The number of carbonyl (C=O) groups is 1. The lowest BCUT2D eigenvalue weighted by molar-refractivity contribution is -0.122. The number of carbonyl (C=O) groups excluding carboxylic acids is 1. The van der Waals surface area contributed by atoms with Gasteiger partial charge in [0.25, 0.3) is 0 Å². The van der Waals surface area contributed by atoms with E-state index in [9.17, 15) is 4.79 Å². The highest BCUT2D eigenvalue weighted by Crippen LogP contribution is 2.09. The molecule has 0 saturated heterocycles. The van der Waals surface area contributed by atoms with Gasteiger partial charge in [0.05, 0.1) is 6.54 Å². The smallest absolute Gasteiger partial charge is 0.241 e. The minimum atomic E-state index is -0.665. The highest BCUT2D eigenvalue weighted by molar-refractivity contribution is 6.29. The number of nitrogens with one attached hydrogen (secondary N) is 1. The summed E-state index contributed by atoms with van der Waals surface area (Å²) in [5.74, 6) is -0.261. The largest absolute Gasteiger partial charge is 0.350 e. The van der Waals surface area contributed by atoms with Gasteiger partial charge >= 0.3 is 0 Å². The van der Waals surface area contributed by atoms with Gasteiger partial charge in [0, 0.05) is 5.03 Å². The molecule has 0 aliphatic carbocycles. The summed E-state index contributed by atoms with van der Waals surface area (Å²) in [7, 11) is 0. The van der Waals surface area contributed by atoms with E-state index in [0.717, 1.165) is 5.56 Å². The van der Waals surface area contributed by atoms with Crippen LogP contribution in [0.1, 0.15) is 11.6 Å². The second kappa shape index (κ2) is 5.53. The molecule has 15 heavy (non-hydrogen) atoms. The molecule has 1 aromatic rings. The fraction of sp³-hybridized carbons (Fsp3) is 0.182. The van der Waals surface area contributed by atoms with Gasteiger partial charge in [-0.3, -0.25) is 4.79 Å². The van der Waals surface area contributed by atoms with Crippen molar-refractivity contribution in [2.75, 3.05) is 6.54 Å². The highest BCUT2D eigenvalue weighted by atomic mass is 35.5. The van der Waals surface area contributed by atoms with Crippen molar-refractivity contribution in [3.63, 3.8) is 0 Å². The van der Waals surface area contributed by atoms with Gasteiger partial charge in [0.2, 0.25) is 5.91 Å². The fourth-order valence-electron chi connectivity index (χ4n) is 1.10. The molecule has 1 aromatic carbocycles. The molecule has 3 nitrogen and oxygen atoms in total. The van der Waals surface area contributed by atoms with Crippen molar-refractivity contribution < 1.29 is 4.79 Å². The maximum Gasteiger partial charge on any atom is 0.241 e. The molecule has 0 radical (unpaired) electrons. The summed E-state index contributed by atoms with van der Waals surface area (Å²) in [6, 6.07) is 8.49. The zero-order valence-corrected chi connectivity index (χ0v) is 9.00. The van der Waals surface area contributed by atoms with Crippen molar-refractivity contribution in [2.24, 2.45) is 5.73 Å². The van der Waals surface area contributed by atoms with Gasteiger partial charge in [-0.15, -0.1) is 0 Å². The Bertz CT molecular complexity index is 351. The molecule has 0 aromatic heterocycles. The van der Waals surface area contributed by atoms with E-state index in [-0.39, 0.29) is 12.5 Å². The average molecular weight is 225 g/mol. The molecule has 0 saturated carbocycles. The number of halogens is 1. The van der Waals surface area contributed by atoms with Crippen molar-refractivity contribution in [1.82, 2.24) is 5.32 Å². The first-order valence-electron chi connectivity index (χ1n) is 4.53. The molecule has 0 bridgehead atoms. The first-order valence-corrected chi connectivity index (χ1v) is 4.90. The average Bonchev–Trinajstić information content (AvgIpc) is 2.26. The summed E-state index contributed by atoms with van der Waals surface area (Å²) in [4.78, 5) is 11.5. The van der Waals surface area contributed by atoms with Crippen molar-refractivity contribution >= 4 is 17.5 Å². The van der Waals surface area contributed by atoms with Crippen LogP contribution < -0.4 is 11.1 Å². The summed E-state index contributed by atoms with van der Waals surface area (Å²) in [5, 5.41) is 2.96. The molecule has 1 rings (SSSR count). The summed E-state index contributed by atoms with van der Waals surface area (Å²) in [6.45, 7) is 3.71. The molecule has 1 amide bonds. The normalized spacial score (nSPS) is 11.9. The zero-order chi connectivity index (χ0) is 11.3. The molecule has 80 valence electrons. The lowest BCUT2D eigenvalue weighted by Gasteiger charge is -2.11. The first-order chi connectivity index (χ1) is 7.11. The van der Waals surface area contributed by atoms with Crippen LogP contribution in [0.2, 0.25) is 0 Å². The Morgan fingerprint density at radius 3 is 2.60 bits per heavy atom. The van der Waals surface area contributed by atoms with Crippen LogP contribution in [0, 0.1) is 0 Å². The minimum absolute atomic E-state index is 0.237. The number of nitrogens with two attached hydrogens (primary N) is 1. The molecule has 0 aliphatic rings. The summed E-state index contributed by atoms with van der Waals surface area (Å²) in [5.41, 5.74) is 6.51. The summed E-state index contributed by atoms with van der Waals surface area (Å²) < 4.78 is 0. The minimum Gasteiger partial charge on any atom is -0.350 e. The van der Waals surface area contributed by atoms with Crippen LogP contribution in [0.4, 0.5) is 0 Å². The highest BCUT2D eigenvalue weighted by Gasteiger charge is 2.14. The van der Waals surface area contributed by atoms with Gasteiger partial charge in [0.15, 0.2) is 0 Å². The zero-order valence-electron chi connectivity index (χ0n) is 8.24. The molecule has 0 unspecified atom stereocenters.